The minimum atomic E-state index is -0.307. The van der Waals surface area contributed by atoms with Gasteiger partial charge in [-0.2, -0.15) is 0 Å². The van der Waals surface area contributed by atoms with E-state index in [2.05, 4.69) is 0 Å². The van der Waals surface area contributed by atoms with Crippen molar-refractivity contribution in [2.75, 3.05) is 13.7 Å². The molecule has 4 nitrogen and oxygen atoms in total. The van der Waals surface area contributed by atoms with Crippen molar-refractivity contribution < 1.29 is 14.3 Å². The average Bonchev–Trinajstić information content (AvgIpc) is 2.13. The fraction of sp³-hybridized carbons (Fsp3) is 0.800. The van der Waals surface area contributed by atoms with Crippen LogP contribution < -0.4 is 0 Å². The van der Waals surface area contributed by atoms with Gasteiger partial charge >= 0.3 is 5.97 Å². The predicted octanol–water partition coefficient (Wildman–Crippen LogP) is 1.20. The predicted molar refractivity (Wildman–Crippen MR) is 53.8 cm³/mol. The standard InChI is InChI=1S/C10H19NO3/c1-5-14-10(13)7-6-9(12)11(4)8(2)3/h8H,5-7H2,1-4H3. The molecule has 0 aliphatic rings. The summed E-state index contributed by atoms with van der Waals surface area (Å²) in [5.74, 6) is -0.328. The Balaban J connectivity index is 3.79. The monoisotopic (exact) mass is 201 g/mol. The summed E-state index contributed by atoms with van der Waals surface area (Å²) in [6, 6.07) is 0.171. The first-order valence-corrected chi connectivity index (χ1v) is 4.90. The average molecular weight is 201 g/mol. The molecular weight excluding hydrogens is 182 g/mol. The van der Waals surface area contributed by atoms with E-state index >= 15 is 0 Å². The second kappa shape index (κ2) is 6.40. The minimum absolute atomic E-state index is 0.0203. The third-order valence-electron chi connectivity index (χ3n) is 2.02. The molecule has 0 radical (unpaired) electrons. The van der Waals surface area contributed by atoms with Gasteiger partial charge in [-0.15, -0.1) is 0 Å². The first-order chi connectivity index (χ1) is 6.49. The van der Waals surface area contributed by atoms with Crippen molar-refractivity contribution in [3.63, 3.8) is 0 Å². The highest BCUT2D eigenvalue weighted by Gasteiger charge is 2.13. The van der Waals surface area contributed by atoms with Crippen molar-refractivity contribution in [2.24, 2.45) is 0 Å². The molecule has 0 aromatic rings. The lowest BCUT2D eigenvalue weighted by atomic mass is 10.2. The molecule has 0 spiro atoms. The zero-order chi connectivity index (χ0) is 11.1. The first-order valence-electron chi connectivity index (χ1n) is 4.90. The number of hydrogen-bond donors (Lipinski definition) is 0. The van der Waals surface area contributed by atoms with Crippen LogP contribution in [0.5, 0.6) is 0 Å². The molecule has 14 heavy (non-hydrogen) atoms. The third-order valence-corrected chi connectivity index (χ3v) is 2.02. The highest BCUT2D eigenvalue weighted by molar-refractivity contribution is 5.81. The van der Waals surface area contributed by atoms with E-state index in [1.165, 1.54) is 0 Å². The summed E-state index contributed by atoms with van der Waals surface area (Å²) in [6.07, 6.45) is 0.400. The van der Waals surface area contributed by atoms with Gasteiger partial charge in [-0.1, -0.05) is 0 Å². The lowest BCUT2D eigenvalue weighted by molar-refractivity contribution is -0.145. The number of esters is 1. The molecule has 0 atom stereocenters. The molecule has 0 unspecified atom stereocenters. The fourth-order valence-corrected chi connectivity index (χ4v) is 0.906. The van der Waals surface area contributed by atoms with E-state index in [4.69, 9.17) is 4.74 Å². The number of hydrogen-bond acceptors (Lipinski definition) is 3. The van der Waals surface area contributed by atoms with Crippen molar-refractivity contribution in [3.05, 3.63) is 0 Å². The van der Waals surface area contributed by atoms with E-state index in [9.17, 15) is 9.59 Å². The van der Waals surface area contributed by atoms with E-state index in [0.717, 1.165) is 0 Å². The Kier molecular flexibility index (Phi) is 5.92. The summed E-state index contributed by atoms with van der Waals surface area (Å²) in [6.45, 7) is 5.98. The minimum Gasteiger partial charge on any atom is -0.466 e. The second-order valence-corrected chi connectivity index (χ2v) is 3.40. The molecule has 0 aliphatic carbocycles. The van der Waals surface area contributed by atoms with Crippen LogP contribution in [0.1, 0.15) is 33.6 Å². The molecule has 0 rings (SSSR count). The van der Waals surface area contributed by atoms with Crippen LogP contribution >= 0.6 is 0 Å². The molecule has 0 aromatic heterocycles. The smallest absolute Gasteiger partial charge is 0.306 e. The number of rotatable bonds is 5. The summed E-state index contributed by atoms with van der Waals surface area (Å²) < 4.78 is 4.72. The number of carbonyl (C=O) groups excluding carboxylic acids is 2. The van der Waals surface area contributed by atoms with Gasteiger partial charge in [0, 0.05) is 19.5 Å². The molecule has 0 heterocycles. The van der Waals surface area contributed by atoms with Gasteiger partial charge in [-0.25, -0.2) is 0 Å². The van der Waals surface area contributed by atoms with Crippen molar-refractivity contribution in [2.45, 2.75) is 39.7 Å². The van der Waals surface area contributed by atoms with Crippen LogP contribution in [0.3, 0.4) is 0 Å². The Morgan fingerprint density at radius 3 is 2.29 bits per heavy atom. The third kappa shape index (κ3) is 4.84. The van der Waals surface area contributed by atoms with Crippen LogP contribution in [0, 0.1) is 0 Å². The maximum Gasteiger partial charge on any atom is 0.306 e. The van der Waals surface area contributed by atoms with Crippen LogP contribution in [0.4, 0.5) is 0 Å². The molecule has 0 saturated carbocycles. The van der Waals surface area contributed by atoms with Gasteiger partial charge in [0.1, 0.15) is 0 Å². The molecule has 82 valence electrons. The number of amides is 1. The Bertz CT molecular complexity index is 202. The summed E-state index contributed by atoms with van der Waals surface area (Å²) >= 11 is 0. The van der Waals surface area contributed by atoms with Gasteiger partial charge in [0.25, 0.3) is 0 Å². The Hall–Kier alpha value is -1.06. The number of nitrogens with zero attached hydrogens (tertiary/aromatic N) is 1. The van der Waals surface area contributed by atoms with Gasteiger partial charge in [0.2, 0.25) is 5.91 Å². The van der Waals surface area contributed by atoms with Crippen molar-refractivity contribution in [1.29, 1.82) is 0 Å². The maximum absolute atomic E-state index is 11.4. The Labute approximate surface area is 85.2 Å². The van der Waals surface area contributed by atoms with Crippen LogP contribution in [0.2, 0.25) is 0 Å². The highest BCUT2D eigenvalue weighted by Crippen LogP contribution is 2.01. The quantitative estimate of drug-likeness (QED) is 0.628. The lowest BCUT2D eigenvalue weighted by Crippen LogP contribution is -2.33. The highest BCUT2D eigenvalue weighted by atomic mass is 16.5. The molecule has 0 bridgehead atoms. The van der Waals surface area contributed by atoms with Crippen LogP contribution in [-0.2, 0) is 14.3 Å². The van der Waals surface area contributed by atoms with Crippen LogP contribution in [0.25, 0.3) is 0 Å². The lowest BCUT2D eigenvalue weighted by Gasteiger charge is -2.21. The molecule has 4 heteroatoms. The van der Waals surface area contributed by atoms with Crippen molar-refractivity contribution in [3.8, 4) is 0 Å². The Morgan fingerprint density at radius 2 is 1.86 bits per heavy atom. The van der Waals surface area contributed by atoms with E-state index in [1.54, 1.807) is 18.9 Å². The van der Waals surface area contributed by atoms with E-state index in [-0.39, 0.29) is 30.8 Å². The van der Waals surface area contributed by atoms with Crippen molar-refractivity contribution >= 4 is 11.9 Å². The Morgan fingerprint density at radius 1 is 1.29 bits per heavy atom. The van der Waals surface area contributed by atoms with E-state index in [0.29, 0.717) is 6.61 Å². The maximum atomic E-state index is 11.4. The van der Waals surface area contributed by atoms with E-state index < -0.39 is 0 Å². The molecule has 0 saturated heterocycles. The summed E-state index contributed by atoms with van der Waals surface area (Å²) in [4.78, 5) is 24.0. The van der Waals surface area contributed by atoms with Gasteiger partial charge in [0.15, 0.2) is 0 Å². The van der Waals surface area contributed by atoms with E-state index in [1.807, 2.05) is 13.8 Å². The number of carbonyl (C=O) groups is 2. The summed E-state index contributed by atoms with van der Waals surface area (Å²) in [7, 11) is 1.73. The second-order valence-electron chi connectivity index (χ2n) is 3.40. The van der Waals surface area contributed by atoms with Crippen LogP contribution in [-0.4, -0.2) is 36.5 Å². The first kappa shape index (κ1) is 12.9. The SMILES string of the molecule is CCOC(=O)CCC(=O)N(C)C(C)C. The summed E-state index contributed by atoms with van der Waals surface area (Å²) in [5.41, 5.74) is 0. The van der Waals surface area contributed by atoms with Gasteiger partial charge in [-0.05, 0) is 20.8 Å². The summed E-state index contributed by atoms with van der Waals surface area (Å²) in [5, 5.41) is 0. The molecule has 0 aliphatic heterocycles. The topological polar surface area (TPSA) is 46.6 Å². The molecule has 1 amide bonds. The van der Waals surface area contributed by atoms with Crippen molar-refractivity contribution in [1.82, 2.24) is 4.90 Å². The van der Waals surface area contributed by atoms with Gasteiger partial charge in [-0.3, -0.25) is 9.59 Å². The molecule has 0 fully saturated rings. The van der Waals surface area contributed by atoms with Gasteiger partial charge < -0.3 is 9.64 Å². The number of ether oxygens (including phenoxy) is 1. The zero-order valence-electron chi connectivity index (χ0n) is 9.37. The normalized spacial score (nSPS) is 10.1. The molecule has 0 aromatic carbocycles. The zero-order valence-corrected chi connectivity index (χ0v) is 9.37. The molecule has 0 N–H and O–H groups in total. The fourth-order valence-electron chi connectivity index (χ4n) is 0.906. The van der Waals surface area contributed by atoms with Crippen LogP contribution in [0.15, 0.2) is 0 Å². The van der Waals surface area contributed by atoms with Gasteiger partial charge in [0.05, 0.1) is 13.0 Å². The largest absolute Gasteiger partial charge is 0.466 e. The molecular formula is C10H19NO3.